The number of pyridine rings is 1. The molecule has 0 saturated heterocycles. The molecule has 2 heterocycles. The second-order valence-corrected chi connectivity index (χ2v) is 6.79. The third kappa shape index (κ3) is 3.33. The number of nitrogens with zero attached hydrogens (tertiary/aromatic N) is 3. The summed E-state index contributed by atoms with van der Waals surface area (Å²) < 4.78 is 12.2. The van der Waals surface area contributed by atoms with E-state index in [0.29, 0.717) is 22.8 Å². The zero-order valence-corrected chi connectivity index (χ0v) is 16.8. The summed E-state index contributed by atoms with van der Waals surface area (Å²) in [6.45, 7) is 3.74. The summed E-state index contributed by atoms with van der Waals surface area (Å²) in [5, 5.41) is 5.14. The number of ether oxygens (including phenoxy) is 2. The third-order valence-electron chi connectivity index (χ3n) is 4.83. The minimum atomic E-state index is -0.184. The van der Waals surface area contributed by atoms with Gasteiger partial charge in [-0.15, -0.1) is 0 Å². The number of benzene rings is 2. The maximum atomic E-state index is 13.3. The second kappa shape index (κ2) is 7.39. The average molecular weight is 387 g/mol. The highest BCUT2D eigenvalue weighted by atomic mass is 16.5. The Kier molecular flexibility index (Phi) is 4.76. The van der Waals surface area contributed by atoms with Gasteiger partial charge in [-0.05, 0) is 50.2 Å². The first-order valence-corrected chi connectivity index (χ1v) is 9.22. The first-order valence-electron chi connectivity index (χ1n) is 9.22. The van der Waals surface area contributed by atoms with Crippen LogP contribution < -0.4 is 9.47 Å². The molecule has 0 radical (unpaired) electrons. The van der Waals surface area contributed by atoms with Crippen LogP contribution in [0.25, 0.3) is 22.2 Å². The molecule has 0 aliphatic heterocycles. The van der Waals surface area contributed by atoms with Crippen LogP contribution in [0.15, 0.2) is 54.6 Å². The van der Waals surface area contributed by atoms with Crippen LogP contribution in [0.2, 0.25) is 0 Å². The quantitative estimate of drug-likeness (QED) is 0.519. The first kappa shape index (κ1) is 18.7. The SMILES string of the molecule is COc1ccc(-c2cc(C(=O)n3nc(C)cc3C)c3ccccc3n2)cc1OC. The van der Waals surface area contributed by atoms with Crippen LogP contribution in [0.4, 0.5) is 0 Å². The van der Waals surface area contributed by atoms with E-state index in [0.717, 1.165) is 27.9 Å². The molecule has 0 saturated carbocycles. The van der Waals surface area contributed by atoms with Crippen molar-refractivity contribution >= 4 is 16.8 Å². The lowest BCUT2D eigenvalue weighted by Crippen LogP contribution is -2.16. The van der Waals surface area contributed by atoms with Crippen LogP contribution in [-0.2, 0) is 0 Å². The van der Waals surface area contributed by atoms with Gasteiger partial charge < -0.3 is 9.47 Å². The summed E-state index contributed by atoms with van der Waals surface area (Å²) in [4.78, 5) is 18.1. The number of fused-ring (bicyclic) bond motifs is 1. The Balaban J connectivity index is 1.92. The maximum absolute atomic E-state index is 13.3. The van der Waals surface area contributed by atoms with Crippen LogP contribution in [0, 0.1) is 13.8 Å². The van der Waals surface area contributed by atoms with Crippen LogP contribution in [0.3, 0.4) is 0 Å². The number of para-hydroxylation sites is 1. The smallest absolute Gasteiger partial charge is 0.279 e. The summed E-state index contributed by atoms with van der Waals surface area (Å²) in [5.41, 5.74) is 4.39. The Morgan fingerprint density at radius 3 is 2.38 bits per heavy atom. The minimum Gasteiger partial charge on any atom is -0.493 e. The molecule has 0 aliphatic carbocycles. The second-order valence-electron chi connectivity index (χ2n) is 6.79. The Morgan fingerprint density at radius 2 is 1.69 bits per heavy atom. The van der Waals surface area contributed by atoms with Crippen molar-refractivity contribution in [3.8, 4) is 22.8 Å². The van der Waals surface area contributed by atoms with Gasteiger partial charge in [-0.3, -0.25) is 4.79 Å². The van der Waals surface area contributed by atoms with Gasteiger partial charge in [0.25, 0.3) is 5.91 Å². The number of rotatable bonds is 4. The largest absolute Gasteiger partial charge is 0.493 e. The van der Waals surface area contributed by atoms with Gasteiger partial charge in [0.15, 0.2) is 11.5 Å². The lowest BCUT2D eigenvalue weighted by Gasteiger charge is -2.12. The molecule has 0 bridgehead atoms. The Bertz CT molecular complexity index is 1230. The number of aromatic nitrogens is 3. The molecule has 4 aromatic rings. The van der Waals surface area contributed by atoms with Crippen molar-refractivity contribution < 1.29 is 14.3 Å². The van der Waals surface area contributed by atoms with Crippen molar-refractivity contribution in [1.29, 1.82) is 0 Å². The summed E-state index contributed by atoms with van der Waals surface area (Å²) >= 11 is 0. The Labute approximate surface area is 168 Å². The maximum Gasteiger partial charge on any atom is 0.279 e. The Morgan fingerprint density at radius 1 is 0.931 bits per heavy atom. The molecule has 2 aromatic carbocycles. The zero-order chi connectivity index (χ0) is 20.5. The number of hydrogen-bond donors (Lipinski definition) is 0. The summed E-state index contributed by atoms with van der Waals surface area (Å²) in [7, 11) is 3.18. The van der Waals surface area contributed by atoms with Gasteiger partial charge in [-0.25, -0.2) is 9.67 Å². The van der Waals surface area contributed by atoms with E-state index in [1.807, 2.05) is 68.4 Å². The van der Waals surface area contributed by atoms with Crippen molar-refractivity contribution in [3.05, 3.63) is 71.5 Å². The van der Waals surface area contributed by atoms with Crippen molar-refractivity contribution in [2.24, 2.45) is 0 Å². The van der Waals surface area contributed by atoms with Crippen LogP contribution in [0.1, 0.15) is 21.7 Å². The fourth-order valence-electron chi connectivity index (χ4n) is 3.44. The average Bonchev–Trinajstić information content (AvgIpc) is 3.09. The van der Waals surface area contributed by atoms with Gasteiger partial charge in [0.2, 0.25) is 0 Å². The summed E-state index contributed by atoms with van der Waals surface area (Å²) in [5.74, 6) is 1.05. The van der Waals surface area contributed by atoms with Crippen molar-refractivity contribution in [1.82, 2.24) is 14.8 Å². The molecular weight excluding hydrogens is 366 g/mol. The fraction of sp³-hybridized carbons (Fsp3) is 0.174. The van der Waals surface area contributed by atoms with Gasteiger partial charge >= 0.3 is 0 Å². The lowest BCUT2D eigenvalue weighted by atomic mass is 10.0. The molecule has 0 aliphatic rings. The Hall–Kier alpha value is -3.67. The third-order valence-corrected chi connectivity index (χ3v) is 4.83. The number of carbonyl (C=O) groups is 1. The molecule has 6 nitrogen and oxygen atoms in total. The van der Waals surface area contributed by atoms with Gasteiger partial charge in [0.1, 0.15) is 0 Å². The number of aryl methyl sites for hydroxylation is 2. The lowest BCUT2D eigenvalue weighted by molar-refractivity contribution is 0.0944. The molecule has 0 atom stereocenters. The van der Waals surface area contributed by atoms with Crippen molar-refractivity contribution in [3.63, 3.8) is 0 Å². The van der Waals surface area contributed by atoms with E-state index in [1.54, 1.807) is 14.2 Å². The van der Waals surface area contributed by atoms with Crippen LogP contribution in [-0.4, -0.2) is 34.9 Å². The molecule has 6 heteroatoms. The zero-order valence-electron chi connectivity index (χ0n) is 16.8. The summed E-state index contributed by atoms with van der Waals surface area (Å²) in [6.07, 6.45) is 0. The molecule has 4 rings (SSSR count). The monoisotopic (exact) mass is 387 g/mol. The van der Waals surface area contributed by atoms with E-state index in [2.05, 4.69) is 5.10 Å². The van der Waals surface area contributed by atoms with Crippen molar-refractivity contribution in [2.75, 3.05) is 14.2 Å². The standard InChI is InChI=1S/C23H21N3O3/c1-14-11-15(2)26(25-14)23(27)18-13-20(24-19-8-6-5-7-17(18)19)16-9-10-21(28-3)22(12-16)29-4/h5-13H,1-4H3. The van der Waals surface area contributed by atoms with Crippen LogP contribution in [0.5, 0.6) is 11.5 Å². The summed E-state index contributed by atoms with van der Waals surface area (Å²) in [6, 6.07) is 16.9. The molecule has 0 fully saturated rings. The molecule has 29 heavy (non-hydrogen) atoms. The van der Waals surface area contributed by atoms with Gasteiger partial charge in [0.05, 0.1) is 36.7 Å². The predicted octanol–water partition coefficient (Wildman–Crippen LogP) is 4.42. The normalized spacial score (nSPS) is 10.9. The molecule has 2 aromatic heterocycles. The van der Waals surface area contributed by atoms with E-state index in [9.17, 15) is 4.79 Å². The van der Waals surface area contributed by atoms with E-state index in [1.165, 1.54) is 4.68 Å². The molecule has 0 N–H and O–H groups in total. The van der Waals surface area contributed by atoms with Crippen LogP contribution >= 0.6 is 0 Å². The number of carbonyl (C=O) groups excluding carboxylic acids is 1. The first-order chi connectivity index (χ1) is 14.0. The molecule has 146 valence electrons. The number of methoxy groups -OCH3 is 2. The highest BCUT2D eigenvalue weighted by Crippen LogP contribution is 2.33. The molecule has 0 unspecified atom stereocenters. The van der Waals surface area contributed by atoms with Gasteiger partial charge in [-0.2, -0.15) is 5.10 Å². The topological polar surface area (TPSA) is 66.2 Å². The molecular formula is C23H21N3O3. The van der Waals surface area contributed by atoms with Gasteiger partial charge in [0, 0.05) is 16.6 Å². The fourth-order valence-corrected chi connectivity index (χ4v) is 3.44. The minimum absolute atomic E-state index is 0.184. The molecule has 0 spiro atoms. The van der Waals surface area contributed by atoms with E-state index >= 15 is 0 Å². The molecule has 0 amide bonds. The predicted molar refractivity (Wildman–Crippen MR) is 112 cm³/mol. The van der Waals surface area contributed by atoms with Gasteiger partial charge in [-0.1, -0.05) is 18.2 Å². The highest BCUT2D eigenvalue weighted by Gasteiger charge is 2.18. The highest BCUT2D eigenvalue weighted by molar-refractivity contribution is 6.08. The van der Waals surface area contributed by atoms with E-state index < -0.39 is 0 Å². The van der Waals surface area contributed by atoms with E-state index in [4.69, 9.17) is 14.5 Å². The van der Waals surface area contributed by atoms with E-state index in [-0.39, 0.29) is 5.91 Å². The van der Waals surface area contributed by atoms with Crippen molar-refractivity contribution in [2.45, 2.75) is 13.8 Å². The number of hydrogen-bond acceptors (Lipinski definition) is 5.